The van der Waals surface area contributed by atoms with Crippen molar-refractivity contribution in [1.82, 2.24) is 4.98 Å². The van der Waals surface area contributed by atoms with E-state index in [0.29, 0.717) is 0 Å². The molecular formula is C14H14Br2N2. The van der Waals surface area contributed by atoms with Gasteiger partial charge in [-0.1, -0.05) is 34.1 Å². The normalized spacial score (nSPS) is 14.2. The number of nitrogens with zero attached hydrogens (tertiary/aromatic N) is 1. The minimum absolute atomic E-state index is 0.428. The second kappa shape index (κ2) is 5.51. The first-order valence-corrected chi connectivity index (χ1v) is 7.21. The van der Waals surface area contributed by atoms with Gasteiger partial charge in [-0.2, -0.15) is 0 Å². The van der Waals surface area contributed by atoms with Crippen LogP contribution in [0.2, 0.25) is 0 Å². The Bertz CT molecular complexity index is 553. The number of hydrogen-bond acceptors (Lipinski definition) is 2. The quantitative estimate of drug-likeness (QED) is 0.887. The third-order valence-electron chi connectivity index (χ3n) is 2.82. The van der Waals surface area contributed by atoms with Crippen LogP contribution in [-0.2, 0) is 12.0 Å². The Morgan fingerprint density at radius 1 is 1.22 bits per heavy atom. The molecule has 0 spiro atoms. The molecule has 0 saturated heterocycles. The van der Waals surface area contributed by atoms with Gasteiger partial charge < -0.3 is 5.73 Å². The van der Waals surface area contributed by atoms with Crippen molar-refractivity contribution in [3.63, 3.8) is 0 Å². The second-order valence-electron chi connectivity index (χ2n) is 4.59. The molecular weight excluding hydrogens is 356 g/mol. The highest BCUT2D eigenvalue weighted by molar-refractivity contribution is 9.10. The molecule has 18 heavy (non-hydrogen) atoms. The summed E-state index contributed by atoms with van der Waals surface area (Å²) in [6.07, 6.45) is 4.37. The van der Waals surface area contributed by atoms with E-state index in [1.54, 1.807) is 6.20 Å². The average molecular weight is 370 g/mol. The maximum absolute atomic E-state index is 6.45. The largest absolute Gasteiger partial charge is 0.321 e. The van der Waals surface area contributed by atoms with Crippen LogP contribution < -0.4 is 5.73 Å². The summed E-state index contributed by atoms with van der Waals surface area (Å²) in [7, 11) is 0. The number of aromatic nitrogens is 1. The number of pyridine rings is 1. The highest BCUT2D eigenvalue weighted by atomic mass is 79.9. The van der Waals surface area contributed by atoms with Gasteiger partial charge in [0, 0.05) is 26.9 Å². The zero-order valence-corrected chi connectivity index (χ0v) is 13.2. The minimum Gasteiger partial charge on any atom is -0.321 e. The molecule has 4 heteroatoms. The maximum atomic E-state index is 6.45. The van der Waals surface area contributed by atoms with Crippen LogP contribution in [0.3, 0.4) is 0 Å². The van der Waals surface area contributed by atoms with Gasteiger partial charge in [0.1, 0.15) is 0 Å². The van der Waals surface area contributed by atoms with E-state index in [1.165, 1.54) is 0 Å². The van der Waals surface area contributed by atoms with Crippen molar-refractivity contribution in [3.05, 3.63) is 62.8 Å². The van der Waals surface area contributed by atoms with Crippen LogP contribution in [0.15, 0.2) is 51.7 Å². The molecule has 2 aromatic rings. The topological polar surface area (TPSA) is 38.9 Å². The van der Waals surface area contributed by atoms with Crippen molar-refractivity contribution in [2.45, 2.75) is 18.9 Å². The Labute approximate surface area is 124 Å². The van der Waals surface area contributed by atoms with Crippen molar-refractivity contribution in [2.24, 2.45) is 5.73 Å². The van der Waals surface area contributed by atoms with E-state index < -0.39 is 5.54 Å². The van der Waals surface area contributed by atoms with Crippen LogP contribution in [0.25, 0.3) is 0 Å². The molecule has 1 heterocycles. The SMILES string of the molecule is CC(N)(Cc1cncc(Br)c1)c1ccccc1Br. The van der Waals surface area contributed by atoms with E-state index in [1.807, 2.05) is 31.3 Å². The summed E-state index contributed by atoms with van der Waals surface area (Å²) < 4.78 is 2.01. The highest BCUT2D eigenvalue weighted by Gasteiger charge is 2.24. The van der Waals surface area contributed by atoms with Crippen molar-refractivity contribution in [1.29, 1.82) is 0 Å². The van der Waals surface area contributed by atoms with Crippen LogP contribution in [0, 0.1) is 0 Å². The Balaban J connectivity index is 2.30. The summed E-state index contributed by atoms with van der Waals surface area (Å²) in [5.74, 6) is 0. The average Bonchev–Trinajstić information content (AvgIpc) is 2.28. The van der Waals surface area contributed by atoms with Crippen LogP contribution in [-0.4, -0.2) is 4.98 Å². The summed E-state index contributed by atoms with van der Waals surface area (Å²) in [6, 6.07) is 10.1. The first kappa shape index (κ1) is 13.7. The van der Waals surface area contributed by atoms with E-state index in [-0.39, 0.29) is 0 Å². The van der Waals surface area contributed by atoms with Gasteiger partial charge in [0.15, 0.2) is 0 Å². The van der Waals surface area contributed by atoms with Crippen LogP contribution in [0.4, 0.5) is 0 Å². The fourth-order valence-electron chi connectivity index (χ4n) is 2.00. The number of hydrogen-bond donors (Lipinski definition) is 1. The summed E-state index contributed by atoms with van der Waals surface area (Å²) in [6.45, 7) is 2.04. The molecule has 2 nitrogen and oxygen atoms in total. The molecule has 0 aliphatic heterocycles. The zero-order valence-electron chi connectivity index (χ0n) is 10.0. The zero-order chi connectivity index (χ0) is 13.2. The van der Waals surface area contributed by atoms with Gasteiger partial charge >= 0.3 is 0 Å². The Morgan fingerprint density at radius 2 is 1.94 bits per heavy atom. The Kier molecular flexibility index (Phi) is 4.20. The molecule has 0 fully saturated rings. The summed E-state index contributed by atoms with van der Waals surface area (Å²) in [5.41, 5.74) is 8.24. The van der Waals surface area contributed by atoms with Gasteiger partial charge in [-0.15, -0.1) is 0 Å². The number of benzene rings is 1. The van der Waals surface area contributed by atoms with Crippen LogP contribution >= 0.6 is 31.9 Å². The third kappa shape index (κ3) is 3.19. The van der Waals surface area contributed by atoms with Crippen LogP contribution in [0.1, 0.15) is 18.1 Å². The molecule has 2 N–H and O–H groups in total. The van der Waals surface area contributed by atoms with E-state index >= 15 is 0 Å². The fraction of sp³-hybridized carbons (Fsp3) is 0.214. The lowest BCUT2D eigenvalue weighted by Crippen LogP contribution is -2.35. The van der Waals surface area contributed by atoms with E-state index in [4.69, 9.17) is 5.73 Å². The van der Waals surface area contributed by atoms with E-state index in [0.717, 1.165) is 26.5 Å². The molecule has 1 aromatic carbocycles. The lowest BCUT2D eigenvalue weighted by atomic mass is 9.87. The number of nitrogens with two attached hydrogens (primary N) is 1. The minimum atomic E-state index is -0.428. The summed E-state index contributed by atoms with van der Waals surface area (Å²) >= 11 is 6.98. The standard InChI is InChI=1S/C14H14Br2N2/c1-14(17,12-4-2-3-5-13(12)16)7-10-6-11(15)9-18-8-10/h2-6,8-9H,7,17H2,1H3. The van der Waals surface area contributed by atoms with Crippen molar-refractivity contribution in [3.8, 4) is 0 Å². The van der Waals surface area contributed by atoms with Gasteiger partial charge in [0.25, 0.3) is 0 Å². The van der Waals surface area contributed by atoms with Gasteiger partial charge in [-0.05, 0) is 52.5 Å². The first-order chi connectivity index (χ1) is 8.49. The van der Waals surface area contributed by atoms with Crippen molar-refractivity contribution < 1.29 is 0 Å². The predicted octanol–water partition coefficient (Wildman–Crippen LogP) is 4.02. The smallest absolute Gasteiger partial charge is 0.0433 e. The highest BCUT2D eigenvalue weighted by Crippen LogP contribution is 2.29. The number of rotatable bonds is 3. The maximum Gasteiger partial charge on any atom is 0.0433 e. The molecule has 94 valence electrons. The molecule has 0 aliphatic carbocycles. The van der Waals surface area contributed by atoms with E-state index in [9.17, 15) is 0 Å². The van der Waals surface area contributed by atoms with Crippen molar-refractivity contribution >= 4 is 31.9 Å². The fourth-order valence-corrected chi connectivity index (χ4v) is 3.15. The molecule has 0 radical (unpaired) electrons. The van der Waals surface area contributed by atoms with E-state index in [2.05, 4.69) is 49.0 Å². The third-order valence-corrected chi connectivity index (χ3v) is 3.95. The molecule has 0 saturated carbocycles. The number of halogens is 2. The molecule has 0 bridgehead atoms. The second-order valence-corrected chi connectivity index (χ2v) is 6.36. The molecule has 1 aromatic heterocycles. The predicted molar refractivity (Wildman–Crippen MR) is 81.3 cm³/mol. The summed E-state index contributed by atoms with van der Waals surface area (Å²) in [4.78, 5) is 4.17. The van der Waals surface area contributed by atoms with Crippen molar-refractivity contribution in [2.75, 3.05) is 0 Å². The molecule has 2 rings (SSSR count). The monoisotopic (exact) mass is 368 g/mol. The van der Waals surface area contributed by atoms with Crippen LogP contribution in [0.5, 0.6) is 0 Å². The Morgan fingerprint density at radius 3 is 2.61 bits per heavy atom. The lowest BCUT2D eigenvalue weighted by molar-refractivity contribution is 0.488. The Hall–Kier alpha value is -0.710. The van der Waals surface area contributed by atoms with Gasteiger partial charge in [-0.25, -0.2) is 0 Å². The lowest BCUT2D eigenvalue weighted by Gasteiger charge is -2.26. The van der Waals surface area contributed by atoms with Gasteiger partial charge in [0.05, 0.1) is 0 Å². The van der Waals surface area contributed by atoms with Gasteiger partial charge in [-0.3, -0.25) is 4.98 Å². The molecule has 1 atom stereocenters. The molecule has 1 unspecified atom stereocenters. The summed E-state index contributed by atoms with van der Waals surface area (Å²) in [5, 5.41) is 0. The molecule has 0 amide bonds. The van der Waals surface area contributed by atoms with Gasteiger partial charge in [0.2, 0.25) is 0 Å². The first-order valence-electron chi connectivity index (χ1n) is 5.62. The molecule has 0 aliphatic rings.